The number of para-hydroxylation sites is 3. The molecule has 7 rings (SSSR count). The van der Waals surface area contributed by atoms with E-state index in [1.807, 2.05) is 78.9 Å². The number of rotatable bonds is 2. The summed E-state index contributed by atoms with van der Waals surface area (Å²) in [5.41, 5.74) is 1.16. The predicted octanol–water partition coefficient (Wildman–Crippen LogP) is 8.04. The second-order valence-electron chi connectivity index (χ2n) is 9.19. The Hall–Kier alpha value is -5.53. The molecule has 4 nitrogen and oxygen atoms in total. The topological polar surface area (TPSA) is 57.4 Å². The van der Waals surface area contributed by atoms with Crippen molar-refractivity contribution in [3.63, 3.8) is 0 Å². The summed E-state index contributed by atoms with van der Waals surface area (Å²) in [4.78, 5) is 0. The van der Waals surface area contributed by atoms with Crippen LogP contribution in [0, 0.1) is 40.1 Å². The molecular weight excluding hydrogens is 497 g/mol. The monoisotopic (exact) mass is 512 g/mol. The standard InChI is InChI=1S/C32H15F3N4/c33-29-23(16-36)30(34)31(35)32(24(29)17-37)39-26-13-7-5-11-20(26)22-14-21-19-10-4-6-12-25(19)38(27(21)15-28(22)39)18-8-2-1-3-9-18/h1-15H. The quantitative estimate of drug-likeness (QED) is 0.220. The molecule has 5 aromatic carbocycles. The van der Waals surface area contributed by atoms with Crippen LogP contribution >= 0.6 is 0 Å². The van der Waals surface area contributed by atoms with Gasteiger partial charge >= 0.3 is 0 Å². The Morgan fingerprint density at radius 1 is 0.487 bits per heavy atom. The van der Waals surface area contributed by atoms with Gasteiger partial charge in [0.15, 0.2) is 17.5 Å². The summed E-state index contributed by atoms with van der Waals surface area (Å²) < 4.78 is 49.2. The Balaban J connectivity index is 1.72. The van der Waals surface area contributed by atoms with Crippen molar-refractivity contribution in [2.45, 2.75) is 0 Å². The van der Waals surface area contributed by atoms with Crippen LogP contribution in [0.1, 0.15) is 11.1 Å². The lowest BCUT2D eigenvalue weighted by Crippen LogP contribution is -2.09. The van der Waals surface area contributed by atoms with Crippen molar-refractivity contribution in [2.24, 2.45) is 0 Å². The number of hydrogen-bond acceptors (Lipinski definition) is 2. The lowest BCUT2D eigenvalue weighted by atomic mass is 10.1. The molecule has 0 aliphatic heterocycles. The average Bonchev–Trinajstić information content (AvgIpc) is 3.46. The number of hydrogen-bond donors (Lipinski definition) is 0. The molecule has 7 heteroatoms. The van der Waals surface area contributed by atoms with E-state index >= 15 is 8.78 Å². The summed E-state index contributed by atoms with van der Waals surface area (Å²) in [5.74, 6) is -4.48. The van der Waals surface area contributed by atoms with Gasteiger partial charge < -0.3 is 9.13 Å². The zero-order valence-electron chi connectivity index (χ0n) is 20.1. The van der Waals surface area contributed by atoms with Gasteiger partial charge in [0.25, 0.3) is 0 Å². The summed E-state index contributed by atoms with van der Waals surface area (Å²) >= 11 is 0. The molecule has 0 spiro atoms. The summed E-state index contributed by atoms with van der Waals surface area (Å²) in [5, 5.41) is 22.5. The van der Waals surface area contributed by atoms with Crippen molar-refractivity contribution >= 4 is 43.6 Å². The van der Waals surface area contributed by atoms with Gasteiger partial charge in [0, 0.05) is 27.2 Å². The van der Waals surface area contributed by atoms with Gasteiger partial charge in [-0.15, -0.1) is 0 Å². The molecule has 0 bridgehead atoms. The van der Waals surface area contributed by atoms with Gasteiger partial charge in [0.05, 0.1) is 22.1 Å². The summed E-state index contributed by atoms with van der Waals surface area (Å²) in [6.45, 7) is 0. The fourth-order valence-corrected chi connectivity index (χ4v) is 5.59. The first-order valence-electron chi connectivity index (χ1n) is 12.1. The van der Waals surface area contributed by atoms with Crippen LogP contribution in [0.4, 0.5) is 13.2 Å². The van der Waals surface area contributed by atoms with Gasteiger partial charge in [-0.05, 0) is 36.4 Å². The minimum absolute atomic E-state index is 0.461. The first kappa shape index (κ1) is 22.7. The Morgan fingerprint density at radius 2 is 1.03 bits per heavy atom. The first-order valence-corrected chi connectivity index (χ1v) is 12.1. The molecule has 0 amide bonds. The normalized spacial score (nSPS) is 11.4. The SMILES string of the molecule is N#Cc1c(F)c(F)c(-n2c3ccccc3c3cc4c5ccccc5n(-c5ccccc5)c4cc32)c(C#N)c1F. The summed E-state index contributed by atoms with van der Waals surface area (Å²) in [6.07, 6.45) is 0. The third kappa shape index (κ3) is 2.99. The van der Waals surface area contributed by atoms with E-state index in [4.69, 9.17) is 0 Å². The van der Waals surface area contributed by atoms with Gasteiger partial charge in [-0.2, -0.15) is 10.5 Å². The third-order valence-corrected chi connectivity index (χ3v) is 7.22. The molecule has 0 aliphatic carbocycles. The highest BCUT2D eigenvalue weighted by molar-refractivity contribution is 6.19. The summed E-state index contributed by atoms with van der Waals surface area (Å²) in [7, 11) is 0. The van der Waals surface area contributed by atoms with Crippen molar-refractivity contribution in [3.05, 3.63) is 120 Å². The maximum Gasteiger partial charge on any atom is 0.185 e. The molecule has 0 radical (unpaired) electrons. The van der Waals surface area contributed by atoms with E-state index in [2.05, 4.69) is 4.57 Å². The molecule has 184 valence electrons. The molecule has 0 atom stereocenters. The van der Waals surface area contributed by atoms with Crippen LogP contribution in [0.15, 0.2) is 91.0 Å². The van der Waals surface area contributed by atoms with Crippen LogP contribution in [0.25, 0.3) is 55.0 Å². The number of aromatic nitrogens is 2. The van der Waals surface area contributed by atoms with E-state index in [0.29, 0.717) is 11.0 Å². The van der Waals surface area contributed by atoms with E-state index in [-0.39, 0.29) is 0 Å². The van der Waals surface area contributed by atoms with Crippen molar-refractivity contribution in [1.29, 1.82) is 10.5 Å². The van der Waals surface area contributed by atoms with Crippen LogP contribution in [0.2, 0.25) is 0 Å². The minimum atomic E-state index is -1.63. The second kappa shape index (κ2) is 8.24. The zero-order valence-corrected chi connectivity index (χ0v) is 20.1. The highest BCUT2D eigenvalue weighted by Gasteiger charge is 2.29. The van der Waals surface area contributed by atoms with Crippen LogP contribution < -0.4 is 0 Å². The average molecular weight is 512 g/mol. The summed E-state index contributed by atoms with van der Waals surface area (Å²) in [6, 6.07) is 31.6. The maximum atomic E-state index is 15.7. The number of nitrogens with zero attached hydrogens (tertiary/aromatic N) is 4. The molecule has 0 aliphatic rings. The van der Waals surface area contributed by atoms with Crippen molar-refractivity contribution < 1.29 is 13.2 Å². The van der Waals surface area contributed by atoms with Crippen molar-refractivity contribution in [2.75, 3.05) is 0 Å². The highest BCUT2D eigenvalue weighted by atomic mass is 19.2. The van der Waals surface area contributed by atoms with Gasteiger partial charge in [0.1, 0.15) is 29.0 Å². The smallest absolute Gasteiger partial charge is 0.185 e. The van der Waals surface area contributed by atoms with Crippen LogP contribution in [0.3, 0.4) is 0 Å². The molecule has 0 N–H and O–H groups in total. The highest BCUT2D eigenvalue weighted by Crippen LogP contribution is 2.41. The molecule has 0 unspecified atom stereocenters. The number of halogens is 3. The fourth-order valence-electron chi connectivity index (χ4n) is 5.59. The number of benzene rings is 5. The fraction of sp³-hybridized carbons (Fsp3) is 0. The van der Waals surface area contributed by atoms with Gasteiger partial charge in [0.2, 0.25) is 0 Å². The number of fused-ring (bicyclic) bond motifs is 6. The van der Waals surface area contributed by atoms with Crippen molar-refractivity contribution in [1.82, 2.24) is 9.13 Å². The largest absolute Gasteiger partial charge is 0.309 e. The van der Waals surface area contributed by atoms with Gasteiger partial charge in [-0.3, -0.25) is 0 Å². The van der Waals surface area contributed by atoms with Crippen molar-refractivity contribution in [3.8, 4) is 23.5 Å². The van der Waals surface area contributed by atoms with E-state index in [0.717, 1.165) is 38.3 Å². The molecule has 0 fully saturated rings. The minimum Gasteiger partial charge on any atom is -0.309 e. The lowest BCUT2D eigenvalue weighted by molar-refractivity contribution is 0.487. The van der Waals surface area contributed by atoms with Gasteiger partial charge in [-0.1, -0.05) is 54.6 Å². The van der Waals surface area contributed by atoms with Gasteiger partial charge in [-0.25, -0.2) is 13.2 Å². The molecular formula is C32H15F3N4. The Bertz CT molecular complexity index is 2230. The molecule has 2 aromatic heterocycles. The molecule has 0 saturated carbocycles. The zero-order chi connectivity index (χ0) is 26.8. The number of nitriles is 2. The maximum absolute atomic E-state index is 15.7. The molecule has 2 heterocycles. The van der Waals surface area contributed by atoms with E-state index in [9.17, 15) is 14.9 Å². The Morgan fingerprint density at radius 3 is 1.64 bits per heavy atom. The Kier molecular flexibility index (Phi) is 4.79. The predicted molar refractivity (Wildman–Crippen MR) is 144 cm³/mol. The molecule has 0 saturated heterocycles. The van der Waals surface area contributed by atoms with Crippen LogP contribution in [0.5, 0.6) is 0 Å². The first-order chi connectivity index (χ1) is 19.0. The third-order valence-electron chi connectivity index (χ3n) is 7.22. The van der Waals surface area contributed by atoms with E-state index in [1.54, 1.807) is 18.2 Å². The Labute approximate surface area is 219 Å². The van der Waals surface area contributed by atoms with E-state index < -0.39 is 34.3 Å². The van der Waals surface area contributed by atoms with Crippen LogP contribution in [-0.4, -0.2) is 9.13 Å². The van der Waals surface area contributed by atoms with E-state index in [1.165, 1.54) is 10.6 Å². The lowest BCUT2D eigenvalue weighted by Gasteiger charge is -2.14. The second-order valence-corrected chi connectivity index (χ2v) is 9.19. The molecule has 7 aromatic rings. The van der Waals surface area contributed by atoms with Crippen LogP contribution in [-0.2, 0) is 0 Å². The molecule has 39 heavy (non-hydrogen) atoms.